The number of rotatable bonds is 7. The van der Waals surface area contributed by atoms with Gasteiger partial charge in [-0.15, -0.1) is 0 Å². The van der Waals surface area contributed by atoms with Crippen molar-refractivity contribution in [3.05, 3.63) is 65.8 Å². The number of methoxy groups -OCH3 is 2. The quantitative estimate of drug-likeness (QED) is 0.585. The summed E-state index contributed by atoms with van der Waals surface area (Å²) >= 11 is 0. The SMILES string of the molecule is COc1ccc(S(=O)(=O)N2CC(c3nc(Cc4ccccc4)no3)C2)cc1OC. The fourth-order valence-electron chi connectivity index (χ4n) is 3.20. The van der Waals surface area contributed by atoms with Crippen LogP contribution in [0.2, 0.25) is 0 Å². The number of aromatic nitrogens is 2. The molecular formula is C20H21N3O5S. The Balaban J connectivity index is 1.43. The minimum Gasteiger partial charge on any atom is -0.493 e. The number of hydrogen-bond donors (Lipinski definition) is 0. The van der Waals surface area contributed by atoms with Crippen LogP contribution in [0.1, 0.15) is 23.2 Å². The first-order valence-corrected chi connectivity index (χ1v) is 10.5. The molecule has 152 valence electrons. The van der Waals surface area contributed by atoms with Gasteiger partial charge >= 0.3 is 0 Å². The number of benzene rings is 2. The Morgan fingerprint density at radius 3 is 2.48 bits per heavy atom. The van der Waals surface area contributed by atoms with Gasteiger partial charge in [0.25, 0.3) is 0 Å². The van der Waals surface area contributed by atoms with Crippen LogP contribution < -0.4 is 9.47 Å². The van der Waals surface area contributed by atoms with Crippen molar-refractivity contribution in [3.8, 4) is 11.5 Å². The van der Waals surface area contributed by atoms with Gasteiger partial charge in [0, 0.05) is 25.6 Å². The molecule has 4 rings (SSSR count). The van der Waals surface area contributed by atoms with Crippen molar-refractivity contribution in [2.24, 2.45) is 0 Å². The lowest BCUT2D eigenvalue weighted by atomic mass is 10.0. The van der Waals surface area contributed by atoms with E-state index in [4.69, 9.17) is 14.0 Å². The van der Waals surface area contributed by atoms with E-state index in [2.05, 4.69) is 10.1 Å². The van der Waals surface area contributed by atoms with Gasteiger partial charge < -0.3 is 14.0 Å². The zero-order valence-electron chi connectivity index (χ0n) is 16.1. The third-order valence-corrected chi connectivity index (χ3v) is 6.71. The molecule has 0 atom stereocenters. The predicted octanol–water partition coefficient (Wildman–Crippen LogP) is 2.47. The maximum atomic E-state index is 12.9. The Morgan fingerprint density at radius 2 is 1.79 bits per heavy atom. The summed E-state index contributed by atoms with van der Waals surface area (Å²) in [5, 5.41) is 4.02. The van der Waals surface area contributed by atoms with Gasteiger partial charge in [-0.3, -0.25) is 0 Å². The van der Waals surface area contributed by atoms with E-state index in [-0.39, 0.29) is 10.8 Å². The highest BCUT2D eigenvalue weighted by atomic mass is 32.2. The second-order valence-electron chi connectivity index (χ2n) is 6.75. The first kappa shape index (κ1) is 19.4. The van der Waals surface area contributed by atoms with Crippen molar-refractivity contribution in [2.45, 2.75) is 17.2 Å². The lowest BCUT2D eigenvalue weighted by Gasteiger charge is -2.35. The number of hydrogen-bond acceptors (Lipinski definition) is 7. The smallest absolute Gasteiger partial charge is 0.243 e. The highest BCUT2D eigenvalue weighted by Gasteiger charge is 2.40. The summed E-state index contributed by atoms with van der Waals surface area (Å²) in [6.07, 6.45) is 0.574. The molecule has 0 radical (unpaired) electrons. The minimum atomic E-state index is -3.63. The third-order valence-electron chi connectivity index (χ3n) is 4.88. The summed E-state index contributed by atoms with van der Waals surface area (Å²) in [4.78, 5) is 4.59. The van der Waals surface area contributed by atoms with Gasteiger partial charge in [0.05, 0.1) is 25.0 Å². The standard InChI is InChI=1S/C20H21N3O5S/c1-26-17-9-8-16(11-18(17)27-2)29(24,25)23-12-15(13-23)20-21-19(22-28-20)10-14-6-4-3-5-7-14/h3-9,11,15H,10,12-13H2,1-2H3. The summed E-state index contributed by atoms with van der Waals surface area (Å²) in [7, 11) is -0.663. The average molecular weight is 415 g/mol. The summed E-state index contributed by atoms with van der Waals surface area (Å²) in [6, 6.07) is 14.4. The number of ether oxygens (including phenoxy) is 2. The van der Waals surface area contributed by atoms with E-state index in [9.17, 15) is 8.42 Å². The molecule has 2 aromatic carbocycles. The zero-order chi connectivity index (χ0) is 20.4. The molecule has 1 fully saturated rings. The average Bonchev–Trinajstić information content (AvgIpc) is 3.14. The molecule has 2 heterocycles. The highest BCUT2D eigenvalue weighted by Crippen LogP contribution is 2.35. The maximum Gasteiger partial charge on any atom is 0.243 e. The van der Waals surface area contributed by atoms with E-state index in [0.29, 0.717) is 42.7 Å². The Morgan fingerprint density at radius 1 is 1.07 bits per heavy atom. The maximum absolute atomic E-state index is 12.9. The van der Waals surface area contributed by atoms with Crippen molar-refractivity contribution < 1.29 is 22.4 Å². The minimum absolute atomic E-state index is 0.109. The third kappa shape index (κ3) is 3.83. The van der Waals surface area contributed by atoms with Crippen LogP contribution >= 0.6 is 0 Å². The van der Waals surface area contributed by atoms with Crippen LogP contribution in [0.25, 0.3) is 0 Å². The molecule has 9 heteroatoms. The molecule has 0 spiro atoms. The molecule has 1 aliphatic heterocycles. The molecule has 1 aromatic heterocycles. The molecule has 0 aliphatic carbocycles. The fourth-order valence-corrected chi connectivity index (χ4v) is 4.75. The topological polar surface area (TPSA) is 94.8 Å². The van der Waals surface area contributed by atoms with E-state index in [1.807, 2.05) is 30.3 Å². The molecule has 0 N–H and O–H groups in total. The molecule has 1 aliphatic rings. The van der Waals surface area contributed by atoms with Crippen molar-refractivity contribution in [1.29, 1.82) is 0 Å². The molecule has 0 amide bonds. The predicted molar refractivity (Wildman–Crippen MR) is 105 cm³/mol. The normalized spacial score (nSPS) is 15.1. The van der Waals surface area contributed by atoms with Crippen molar-refractivity contribution in [2.75, 3.05) is 27.3 Å². The molecule has 1 saturated heterocycles. The van der Waals surface area contributed by atoms with E-state index in [0.717, 1.165) is 5.56 Å². The summed E-state index contributed by atoms with van der Waals surface area (Å²) in [6.45, 7) is 0.591. The van der Waals surface area contributed by atoms with Gasteiger partial charge in [0.2, 0.25) is 15.9 Å². The number of sulfonamides is 1. The van der Waals surface area contributed by atoms with Crippen LogP contribution in [0.3, 0.4) is 0 Å². The molecule has 29 heavy (non-hydrogen) atoms. The molecule has 0 unspecified atom stereocenters. The zero-order valence-corrected chi connectivity index (χ0v) is 16.9. The van der Waals surface area contributed by atoms with Crippen LogP contribution in [-0.4, -0.2) is 50.2 Å². The molecule has 8 nitrogen and oxygen atoms in total. The van der Waals surface area contributed by atoms with Crippen LogP contribution in [0.15, 0.2) is 57.9 Å². The van der Waals surface area contributed by atoms with Gasteiger partial charge in [0.15, 0.2) is 17.3 Å². The lowest BCUT2D eigenvalue weighted by molar-refractivity contribution is 0.216. The summed E-state index contributed by atoms with van der Waals surface area (Å²) in [5.41, 5.74) is 1.09. The van der Waals surface area contributed by atoms with Gasteiger partial charge in [-0.2, -0.15) is 9.29 Å². The molecular weight excluding hydrogens is 394 g/mol. The molecule has 3 aromatic rings. The van der Waals surface area contributed by atoms with Gasteiger partial charge in [-0.1, -0.05) is 35.5 Å². The summed E-state index contributed by atoms with van der Waals surface area (Å²) in [5.74, 6) is 1.79. The van der Waals surface area contributed by atoms with Gasteiger partial charge in [0.1, 0.15) is 0 Å². The first-order valence-electron chi connectivity index (χ1n) is 9.10. The monoisotopic (exact) mass is 415 g/mol. The Kier molecular flexibility index (Phi) is 5.25. The Labute approximate surface area is 169 Å². The van der Waals surface area contributed by atoms with Crippen LogP contribution in [0, 0.1) is 0 Å². The Bertz CT molecular complexity index is 1090. The van der Waals surface area contributed by atoms with E-state index < -0.39 is 10.0 Å². The summed E-state index contributed by atoms with van der Waals surface area (Å²) < 4.78 is 42.8. The van der Waals surface area contributed by atoms with Crippen molar-refractivity contribution >= 4 is 10.0 Å². The second-order valence-corrected chi connectivity index (χ2v) is 8.68. The van der Waals surface area contributed by atoms with Crippen molar-refractivity contribution in [1.82, 2.24) is 14.4 Å². The molecule has 0 saturated carbocycles. The van der Waals surface area contributed by atoms with E-state index in [1.54, 1.807) is 6.07 Å². The van der Waals surface area contributed by atoms with E-state index >= 15 is 0 Å². The van der Waals surface area contributed by atoms with E-state index in [1.165, 1.54) is 30.7 Å². The largest absolute Gasteiger partial charge is 0.493 e. The van der Waals surface area contributed by atoms with Crippen LogP contribution in [0.5, 0.6) is 11.5 Å². The first-order chi connectivity index (χ1) is 14.0. The van der Waals surface area contributed by atoms with Gasteiger partial charge in [-0.05, 0) is 17.7 Å². The fraction of sp³-hybridized carbons (Fsp3) is 0.300. The Hall–Kier alpha value is -2.91. The van der Waals surface area contributed by atoms with Gasteiger partial charge in [-0.25, -0.2) is 8.42 Å². The highest BCUT2D eigenvalue weighted by molar-refractivity contribution is 7.89. The van der Waals surface area contributed by atoms with Crippen LogP contribution in [-0.2, 0) is 16.4 Å². The van der Waals surface area contributed by atoms with Crippen molar-refractivity contribution in [3.63, 3.8) is 0 Å². The molecule has 0 bridgehead atoms. The second kappa shape index (κ2) is 7.84. The number of nitrogens with zero attached hydrogens (tertiary/aromatic N) is 3. The van der Waals surface area contributed by atoms with Crippen LogP contribution in [0.4, 0.5) is 0 Å². The lowest BCUT2D eigenvalue weighted by Crippen LogP contribution is -2.48.